The van der Waals surface area contributed by atoms with Gasteiger partial charge in [-0.05, 0) is 38.0 Å². The summed E-state index contributed by atoms with van der Waals surface area (Å²) in [4.78, 5) is 14.7. The maximum absolute atomic E-state index is 12.6. The SMILES string of the molecule is COc1ccccc1CNC(=O)C1CCN(c2nnc(-c3ccc(C)cc3)o2)CC1. The van der Waals surface area contributed by atoms with Crippen molar-refractivity contribution >= 4 is 11.9 Å². The third-order valence-electron chi connectivity index (χ3n) is 5.49. The summed E-state index contributed by atoms with van der Waals surface area (Å²) in [7, 11) is 1.64. The van der Waals surface area contributed by atoms with Gasteiger partial charge < -0.3 is 19.4 Å². The molecule has 1 amide bonds. The van der Waals surface area contributed by atoms with Crippen LogP contribution in [0.4, 0.5) is 6.01 Å². The topological polar surface area (TPSA) is 80.5 Å². The lowest BCUT2D eigenvalue weighted by molar-refractivity contribution is -0.125. The van der Waals surface area contributed by atoms with Crippen LogP contribution >= 0.6 is 0 Å². The van der Waals surface area contributed by atoms with E-state index in [1.807, 2.05) is 55.5 Å². The molecule has 1 aromatic heterocycles. The average molecular weight is 406 g/mol. The standard InChI is InChI=1S/C23H26N4O3/c1-16-7-9-18(10-8-16)22-25-26-23(30-22)27-13-11-17(12-14-27)21(28)24-15-19-5-3-4-6-20(19)29-2/h3-10,17H,11-15H2,1-2H3,(H,24,28). The fourth-order valence-corrected chi connectivity index (χ4v) is 3.66. The van der Waals surface area contributed by atoms with Crippen LogP contribution < -0.4 is 15.0 Å². The quantitative estimate of drug-likeness (QED) is 0.674. The Labute approximate surface area is 176 Å². The Morgan fingerprint density at radius 3 is 2.60 bits per heavy atom. The molecule has 0 atom stereocenters. The molecule has 3 aromatic rings. The van der Waals surface area contributed by atoms with Crippen molar-refractivity contribution in [2.24, 2.45) is 5.92 Å². The van der Waals surface area contributed by atoms with Crippen LogP contribution in [0.2, 0.25) is 0 Å². The highest BCUT2D eigenvalue weighted by Gasteiger charge is 2.27. The lowest BCUT2D eigenvalue weighted by Gasteiger charge is -2.29. The zero-order valence-electron chi connectivity index (χ0n) is 17.3. The minimum atomic E-state index is -0.0181. The number of anilines is 1. The third-order valence-corrected chi connectivity index (χ3v) is 5.49. The number of methoxy groups -OCH3 is 1. The second-order valence-corrected chi connectivity index (χ2v) is 7.55. The Kier molecular flexibility index (Phi) is 5.97. The minimum absolute atomic E-state index is 0.0181. The largest absolute Gasteiger partial charge is 0.496 e. The summed E-state index contributed by atoms with van der Waals surface area (Å²) in [5, 5.41) is 11.4. The highest BCUT2D eigenvalue weighted by atomic mass is 16.5. The molecule has 2 aromatic carbocycles. The number of piperidine rings is 1. The zero-order valence-corrected chi connectivity index (χ0v) is 17.3. The second kappa shape index (κ2) is 8.98. The van der Waals surface area contributed by atoms with Gasteiger partial charge in [-0.3, -0.25) is 4.79 Å². The lowest BCUT2D eigenvalue weighted by atomic mass is 9.96. The number of amides is 1. The van der Waals surface area contributed by atoms with Gasteiger partial charge in [0.2, 0.25) is 11.8 Å². The molecule has 1 aliphatic rings. The summed E-state index contributed by atoms with van der Waals surface area (Å²) in [6, 6.07) is 16.2. The monoisotopic (exact) mass is 406 g/mol. The first-order valence-electron chi connectivity index (χ1n) is 10.2. The van der Waals surface area contributed by atoms with Crippen LogP contribution in [0, 0.1) is 12.8 Å². The number of carbonyl (C=O) groups is 1. The zero-order chi connectivity index (χ0) is 20.9. The van der Waals surface area contributed by atoms with E-state index < -0.39 is 0 Å². The van der Waals surface area contributed by atoms with E-state index in [9.17, 15) is 4.79 Å². The van der Waals surface area contributed by atoms with Crippen molar-refractivity contribution in [1.82, 2.24) is 15.5 Å². The van der Waals surface area contributed by atoms with E-state index >= 15 is 0 Å². The molecule has 7 nitrogen and oxygen atoms in total. The van der Waals surface area contributed by atoms with Gasteiger partial charge in [0, 0.05) is 36.7 Å². The average Bonchev–Trinajstić information content (AvgIpc) is 3.28. The van der Waals surface area contributed by atoms with Crippen LogP contribution in [0.3, 0.4) is 0 Å². The maximum Gasteiger partial charge on any atom is 0.318 e. The molecule has 2 heterocycles. The summed E-state index contributed by atoms with van der Waals surface area (Å²) >= 11 is 0. The molecule has 0 aliphatic carbocycles. The first-order chi connectivity index (χ1) is 14.6. The fraction of sp³-hybridized carbons (Fsp3) is 0.348. The molecule has 0 unspecified atom stereocenters. The van der Waals surface area contributed by atoms with Gasteiger partial charge in [-0.25, -0.2) is 0 Å². The first-order valence-corrected chi connectivity index (χ1v) is 10.2. The van der Waals surface area contributed by atoms with E-state index in [1.54, 1.807) is 7.11 Å². The Morgan fingerprint density at radius 1 is 1.13 bits per heavy atom. The summed E-state index contributed by atoms with van der Waals surface area (Å²) in [6.45, 7) is 3.93. The van der Waals surface area contributed by atoms with Gasteiger partial charge in [-0.1, -0.05) is 41.0 Å². The van der Waals surface area contributed by atoms with E-state index in [-0.39, 0.29) is 11.8 Å². The third kappa shape index (κ3) is 4.45. The Balaban J connectivity index is 1.30. The van der Waals surface area contributed by atoms with Gasteiger partial charge in [0.25, 0.3) is 0 Å². The molecule has 0 spiro atoms. The highest BCUT2D eigenvalue weighted by molar-refractivity contribution is 5.79. The number of carbonyl (C=O) groups excluding carboxylic acids is 1. The summed E-state index contributed by atoms with van der Waals surface area (Å²) in [6.07, 6.45) is 1.50. The molecule has 0 saturated carbocycles. The number of nitrogens with zero attached hydrogens (tertiary/aromatic N) is 3. The van der Waals surface area contributed by atoms with Gasteiger partial charge in [0.15, 0.2) is 0 Å². The summed E-state index contributed by atoms with van der Waals surface area (Å²) in [5.74, 6) is 1.36. The summed E-state index contributed by atoms with van der Waals surface area (Å²) in [5.41, 5.74) is 3.06. The molecule has 1 N–H and O–H groups in total. The van der Waals surface area contributed by atoms with Crippen LogP contribution in [0.1, 0.15) is 24.0 Å². The van der Waals surface area contributed by atoms with E-state index in [0.29, 0.717) is 31.5 Å². The van der Waals surface area contributed by atoms with Crippen LogP contribution in [0.15, 0.2) is 52.9 Å². The van der Waals surface area contributed by atoms with Gasteiger partial charge in [-0.2, -0.15) is 0 Å². The molecular weight excluding hydrogens is 380 g/mol. The molecular formula is C23H26N4O3. The number of hydrogen-bond acceptors (Lipinski definition) is 6. The van der Waals surface area contributed by atoms with Crippen LogP contribution in [-0.4, -0.2) is 36.3 Å². The minimum Gasteiger partial charge on any atom is -0.496 e. The van der Waals surface area contributed by atoms with E-state index in [0.717, 1.165) is 29.7 Å². The first kappa shape index (κ1) is 19.9. The van der Waals surface area contributed by atoms with Crippen molar-refractivity contribution in [3.05, 3.63) is 59.7 Å². The molecule has 4 rings (SSSR count). The van der Waals surface area contributed by atoms with E-state index in [2.05, 4.69) is 20.4 Å². The van der Waals surface area contributed by atoms with Crippen LogP contribution in [-0.2, 0) is 11.3 Å². The molecule has 1 aliphatic heterocycles. The highest BCUT2D eigenvalue weighted by Crippen LogP contribution is 2.26. The Morgan fingerprint density at radius 2 is 1.87 bits per heavy atom. The number of rotatable bonds is 6. The number of aromatic nitrogens is 2. The number of aryl methyl sites for hydroxylation is 1. The number of hydrogen-bond donors (Lipinski definition) is 1. The molecule has 0 bridgehead atoms. The smallest absolute Gasteiger partial charge is 0.318 e. The van der Waals surface area contributed by atoms with Gasteiger partial charge >= 0.3 is 6.01 Å². The molecule has 156 valence electrons. The van der Waals surface area contributed by atoms with Crippen molar-refractivity contribution in [3.8, 4) is 17.2 Å². The predicted octanol–water partition coefficient (Wildman–Crippen LogP) is 3.59. The van der Waals surface area contributed by atoms with E-state index in [1.165, 1.54) is 5.56 Å². The predicted molar refractivity (Wildman–Crippen MR) is 114 cm³/mol. The number of benzene rings is 2. The fourth-order valence-electron chi connectivity index (χ4n) is 3.66. The molecule has 0 radical (unpaired) electrons. The summed E-state index contributed by atoms with van der Waals surface area (Å²) < 4.78 is 11.2. The van der Waals surface area contributed by atoms with E-state index in [4.69, 9.17) is 9.15 Å². The molecule has 7 heteroatoms. The maximum atomic E-state index is 12.6. The number of ether oxygens (including phenoxy) is 1. The lowest BCUT2D eigenvalue weighted by Crippen LogP contribution is -2.40. The van der Waals surface area contributed by atoms with Gasteiger partial charge in [0.1, 0.15) is 5.75 Å². The second-order valence-electron chi connectivity index (χ2n) is 7.55. The van der Waals surface area contributed by atoms with Crippen molar-refractivity contribution < 1.29 is 13.9 Å². The number of para-hydroxylation sites is 1. The van der Waals surface area contributed by atoms with Gasteiger partial charge in [0.05, 0.1) is 7.11 Å². The van der Waals surface area contributed by atoms with Crippen LogP contribution in [0.5, 0.6) is 5.75 Å². The normalized spacial score (nSPS) is 14.5. The Bertz CT molecular complexity index is 992. The molecule has 1 saturated heterocycles. The number of nitrogens with one attached hydrogen (secondary N) is 1. The van der Waals surface area contributed by atoms with Crippen molar-refractivity contribution in [2.75, 3.05) is 25.1 Å². The Hall–Kier alpha value is -3.35. The van der Waals surface area contributed by atoms with Gasteiger partial charge in [-0.15, -0.1) is 5.10 Å². The van der Waals surface area contributed by atoms with Crippen molar-refractivity contribution in [3.63, 3.8) is 0 Å². The van der Waals surface area contributed by atoms with Crippen molar-refractivity contribution in [1.29, 1.82) is 0 Å². The molecule has 30 heavy (non-hydrogen) atoms. The molecule has 1 fully saturated rings. The van der Waals surface area contributed by atoms with Crippen molar-refractivity contribution in [2.45, 2.75) is 26.3 Å². The van der Waals surface area contributed by atoms with Crippen LogP contribution in [0.25, 0.3) is 11.5 Å².